The number of nitrogens with zero attached hydrogens (tertiary/aromatic N) is 2. The van der Waals surface area contributed by atoms with Gasteiger partial charge in [0.25, 0.3) is 0 Å². The molecule has 0 saturated heterocycles. The zero-order chi connectivity index (χ0) is 23.7. The fourth-order valence-corrected chi connectivity index (χ4v) is 6.37. The van der Waals surface area contributed by atoms with Gasteiger partial charge in [-0.2, -0.15) is 0 Å². The molecular formula is C27H28N2O4S. The number of Topliss-reactive ketones (excluding diaryl/α,β-unsaturated/α-hetero) is 1. The van der Waals surface area contributed by atoms with Crippen LogP contribution in [-0.2, 0) is 34.1 Å². The number of carbonyl (C=O) groups is 1. The molecule has 0 aliphatic heterocycles. The maximum absolute atomic E-state index is 13.5. The molecule has 6 nitrogen and oxygen atoms in total. The number of aromatic nitrogens is 2. The Morgan fingerprint density at radius 2 is 1.68 bits per heavy atom. The number of sulfone groups is 1. The van der Waals surface area contributed by atoms with E-state index in [2.05, 4.69) is 9.97 Å². The zero-order valence-corrected chi connectivity index (χ0v) is 19.7. The van der Waals surface area contributed by atoms with Crippen LogP contribution in [0.1, 0.15) is 65.6 Å². The molecule has 0 radical (unpaired) electrons. The highest BCUT2D eigenvalue weighted by molar-refractivity contribution is 7.92. The van der Waals surface area contributed by atoms with Gasteiger partial charge in [-0.1, -0.05) is 42.5 Å². The largest absolute Gasteiger partial charge is 0.390 e. The van der Waals surface area contributed by atoms with Crippen LogP contribution in [0, 0.1) is 0 Å². The molecule has 0 amide bonds. The van der Waals surface area contributed by atoms with Crippen LogP contribution in [0.2, 0.25) is 0 Å². The van der Waals surface area contributed by atoms with Gasteiger partial charge in [-0.3, -0.25) is 14.8 Å². The highest BCUT2D eigenvalue weighted by atomic mass is 32.2. The van der Waals surface area contributed by atoms with Crippen LogP contribution in [0.25, 0.3) is 0 Å². The molecule has 5 rings (SSSR count). The lowest BCUT2D eigenvalue weighted by molar-refractivity contribution is -0.119. The van der Waals surface area contributed by atoms with E-state index >= 15 is 0 Å². The number of benzene rings is 2. The van der Waals surface area contributed by atoms with Crippen LogP contribution >= 0.6 is 0 Å². The maximum atomic E-state index is 13.5. The molecule has 1 heterocycles. The van der Waals surface area contributed by atoms with Crippen LogP contribution in [0.3, 0.4) is 0 Å². The molecule has 34 heavy (non-hydrogen) atoms. The second kappa shape index (κ2) is 9.39. The van der Waals surface area contributed by atoms with E-state index < -0.39 is 15.8 Å². The van der Waals surface area contributed by atoms with Crippen molar-refractivity contribution in [2.24, 2.45) is 0 Å². The molecule has 0 spiro atoms. The van der Waals surface area contributed by atoms with Gasteiger partial charge in [0.2, 0.25) is 0 Å². The zero-order valence-electron chi connectivity index (χ0n) is 18.9. The average Bonchev–Trinajstić information content (AvgIpc) is 3.76. The van der Waals surface area contributed by atoms with Gasteiger partial charge >= 0.3 is 0 Å². The predicted octanol–water partition coefficient (Wildman–Crippen LogP) is 3.92. The SMILES string of the molecule is O=C(Cc1cnc(CO)cn1)C(Cc1ccccc1)c1ccc(S(=O)(=O)C2CC2)c(C2CC2)c1. The van der Waals surface area contributed by atoms with E-state index in [4.69, 9.17) is 0 Å². The van der Waals surface area contributed by atoms with Crippen molar-refractivity contribution in [3.8, 4) is 0 Å². The molecule has 7 heteroatoms. The van der Waals surface area contributed by atoms with E-state index in [0.29, 0.717) is 22.7 Å². The van der Waals surface area contributed by atoms with Crippen LogP contribution in [0.4, 0.5) is 0 Å². The van der Waals surface area contributed by atoms with Gasteiger partial charge in [0, 0.05) is 12.1 Å². The monoisotopic (exact) mass is 476 g/mol. The topological polar surface area (TPSA) is 97.2 Å². The molecule has 2 aliphatic carbocycles. The molecule has 2 saturated carbocycles. The summed E-state index contributed by atoms with van der Waals surface area (Å²) in [6.07, 6.45) is 7.11. The molecule has 2 aromatic carbocycles. The van der Waals surface area contributed by atoms with Gasteiger partial charge in [-0.05, 0) is 60.8 Å². The molecule has 0 bridgehead atoms. The summed E-state index contributed by atoms with van der Waals surface area (Å²) in [6, 6.07) is 15.4. The van der Waals surface area contributed by atoms with Crippen molar-refractivity contribution in [1.82, 2.24) is 9.97 Å². The van der Waals surface area contributed by atoms with Crippen LogP contribution in [0.5, 0.6) is 0 Å². The molecule has 176 valence electrons. The molecule has 1 unspecified atom stereocenters. The van der Waals surface area contributed by atoms with Crippen molar-refractivity contribution in [3.63, 3.8) is 0 Å². The first kappa shape index (κ1) is 22.9. The standard InChI is InChI=1S/C27H28N2O4S/c30-17-22-16-28-21(15-29-22)14-26(31)24(12-18-4-2-1-3-5-18)20-8-11-27(25(13-20)19-6-7-19)34(32,33)23-9-10-23/h1-5,8,11,13,15-16,19,23-24,30H,6-7,9-10,12,14,17H2. The molecule has 3 aromatic rings. The quantitative estimate of drug-likeness (QED) is 0.476. The Kier molecular flexibility index (Phi) is 6.32. The Morgan fingerprint density at radius 1 is 0.971 bits per heavy atom. The Morgan fingerprint density at radius 3 is 2.29 bits per heavy atom. The van der Waals surface area contributed by atoms with Crippen LogP contribution in [0.15, 0.2) is 65.8 Å². The van der Waals surface area contributed by atoms with E-state index in [1.807, 2.05) is 42.5 Å². The highest BCUT2D eigenvalue weighted by Gasteiger charge is 2.40. The maximum Gasteiger partial charge on any atom is 0.181 e. The minimum Gasteiger partial charge on any atom is -0.390 e. The first-order valence-electron chi connectivity index (χ1n) is 11.8. The summed E-state index contributed by atoms with van der Waals surface area (Å²) in [4.78, 5) is 22.4. The minimum atomic E-state index is -3.30. The molecular weight excluding hydrogens is 448 g/mol. The van der Waals surface area contributed by atoms with Gasteiger partial charge in [-0.15, -0.1) is 0 Å². The Hall–Kier alpha value is -2.90. The molecule has 1 aromatic heterocycles. The lowest BCUT2D eigenvalue weighted by Crippen LogP contribution is -2.19. The first-order valence-corrected chi connectivity index (χ1v) is 13.4. The molecule has 1 N–H and O–H groups in total. The second-order valence-corrected chi connectivity index (χ2v) is 11.6. The molecule has 1 atom stereocenters. The number of aliphatic hydroxyl groups is 1. The summed E-state index contributed by atoms with van der Waals surface area (Å²) in [5.41, 5.74) is 3.78. The number of rotatable bonds is 10. The molecule has 2 fully saturated rings. The fraction of sp³-hybridized carbons (Fsp3) is 0.370. The minimum absolute atomic E-state index is 0.00875. The summed E-state index contributed by atoms with van der Waals surface area (Å²) in [5.74, 6) is -0.154. The van der Waals surface area contributed by atoms with Crippen molar-refractivity contribution in [1.29, 1.82) is 0 Å². The smallest absolute Gasteiger partial charge is 0.181 e. The van der Waals surface area contributed by atoms with Crippen molar-refractivity contribution in [2.75, 3.05) is 0 Å². The lowest BCUT2D eigenvalue weighted by atomic mass is 9.85. The summed E-state index contributed by atoms with van der Waals surface area (Å²) >= 11 is 0. The van der Waals surface area contributed by atoms with Crippen molar-refractivity contribution < 1.29 is 18.3 Å². The van der Waals surface area contributed by atoms with E-state index in [1.54, 1.807) is 6.07 Å². The molecule has 2 aliphatic rings. The van der Waals surface area contributed by atoms with Gasteiger partial charge in [-0.25, -0.2) is 8.42 Å². The van der Waals surface area contributed by atoms with E-state index in [1.165, 1.54) is 12.4 Å². The number of hydrogen-bond donors (Lipinski definition) is 1. The lowest BCUT2D eigenvalue weighted by Gasteiger charge is -2.19. The van der Waals surface area contributed by atoms with Crippen LogP contribution < -0.4 is 0 Å². The second-order valence-electron chi connectivity index (χ2n) is 9.36. The van der Waals surface area contributed by atoms with Crippen molar-refractivity contribution in [3.05, 3.63) is 89.0 Å². The number of ketones is 1. The third-order valence-corrected chi connectivity index (χ3v) is 9.00. The van der Waals surface area contributed by atoms with E-state index in [-0.39, 0.29) is 30.0 Å². The number of carbonyl (C=O) groups excluding carboxylic acids is 1. The fourth-order valence-electron chi connectivity index (χ4n) is 4.44. The average molecular weight is 477 g/mol. The van der Waals surface area contributed by atoms with Gasteiger partial charge < -0.3 is 5.11 Å². The van der Waals surface area contributed by atoms with E-state index in [0.717, 1.165) is 42.4 Å². The Bertz CT molecular complexity index is 1280. The summed E-state index contributed by atoms with van der Waals surface area (Å²) < 4.78 is 26.1. The first-order chi connectivity index (χ1) is 16.5. The number of aliphatic hydroxyl groups excluding tert-OH is 1. The summed E-state index contributed by atoms with van der Waals surface area (Å²) in [5, 5.41) is 8.94. The van der Waals surface area contributed by atoms with Gasteiger partial charge in [0.1, 0.15) is 5.78 Å². The highest BCUT2D eigenvalue weighted by Crippen LogP contribution is 2.46. The van der Waals surface area contributed by atoms with E-state index in [9.17, 15) is 18.3 Å². The number of hydrogen-bond acceptors (Lipinski definition) is 6. The normalized spacial score (nSPS) is 16.9. The van der Waals surface area contributed by atoms with Crippen LogP contribution in [-0.4, -0.2) is 34.5 Å². The third-order valence-electron chi connectivity index (χ3n) is 6.67. The Labute approximate surface area is 200 Å². The summed E-state index contributed by atoms with van der Waals surface area (Å²) in [6.45, 7) is -0.197. The van der Waals surface area contributed by atoms with Gasteiger partial charge in [0.15, 0.2) is 9.84 Å². The summed E-state index contributed by atoms with van der Waals surface area (Å²) in [7, 11) is -3.30. The predicted molar refractivity (Wildman–Crippen MR) is 128 cm³/mol. The van der Waals surface area contributed by atoms with Gasteiger partial charge in [0.05, 0.1) is 40.8 Å². The van der Waals surface area contributed by atoms with Crippen molar-refractivity contribution in [2.45, 2.75) is 67.1 Å². The Balaban J connectivity index is 1.49. The van der Waals surface area contributed by atoms with Crippen molar-refractivity contribution >= 4 is 15.6 Å². The third kappa shape index (κ3) is 4.95.